The van der Waals surface area contributed by atoms with E-state index >= 15 is 0 Å². The van der Waals surface area contributed by atoms with Crippen molar-refractivity contribution in [3.63, 3.8) is 0 Å². The molecule has 3 heterocycles. The molecule has 2 aliphatic rings. The normalized spacial score (nSPS) is 18.7. The van der Waals surface area contributed by atoms with Crippen LogP contribution < -0.4 is 14.4 Å². The van der Waals surface area contributed by atoms with E-state index < -0.39 is 17.7 Å². The number of amides is 1. The van der Waals surface area contributed by atoms with Crippen LogP contribution in [0.2, 0.25) is 0 Å². The fraction of sp³-hybridized carbons (Fsp3) is 0.179. The molecule has 3 aromatic carbocycles. The summed E-state index contributed by atoms with van der Waals surface area (Å²) in [5, 5.41) is 11.8. The van der Waals surface area contributed by atoms with Crippen LogP contribution in [0.3, 0.4) is 0 Å². The molecule has 0 unspecified atom stereocenters. The number of hydrogen-bond acceptors (Lipinski definition) is 7. The molecule has 6 rings (SSSR count). The van der Waals surface area contributed by atoms with Crippen molar-refractivity contribution in [1.82, 2.24) is 4.98 Å². The third-order valence-corrected chi connectivity index (χ3v) is 7.41. The number of fused-ring (bicyclic) bond motifs is 2. The number of ketones is 1. The van der Waals surface area contributed by atoms with Crippen molar-refractivity contribution in [1.29, 1.82) is 0 Å². The van der Waals surface area contributed by atoms with Crippen molar-refractivity contribution < 1.29 is 24.2 Å². The molecular weight excluding hydrogens is 476 g/mol. The van der Waals surface area contributed by atoms with Crippen LogP contribution in [-0.2, 0) is 9.59 Å². The minimum atomic E-state index is -0.833. The topological polar surface area (TPSA) is 89.0 Å². The summed E-state index contributed by atoms with van der Waals surface area (Å²) in [5.41, 5.74) is 3.95. The van der Waals surface area contributed by atoms with Crippen LogP contribution in [-0.4, -0.2) is 35.0 Å². The summed E-state index contributed by atoms with van der Waals surface area (Å²) in [7, 11) is 0. The fourth-order valence-corrected chi connectivity index (χ4v) is 5.65. The van der Waals surface area contributed by atoms with E-state index in [1.54, 1.807) is 18.2 Å². The van der Waals surface area contributed by atoms with Gasteiger partial charge in [0.1, 0.15) is 19.0 Å². The highest BCUT2D eigenvalue weighted by molar-refractivity contribution is 7.22. The molecule has 0 aliphatic carbocycles. The number of anilines is 1. The maximum Gasteiger partial charge on any atom is 0.301 e. The van der Waals surface area contributed by atoms with E-state index in [9.17, 15) is 14.7 Å². The number of aryl methyl sites for hydroxylation is 2. The van der Waals surface area contributed by atoms with Crippen LogP contribution in [0.5, 0.6) is 11.5 Å². The van der Waals surface area contributed by atoms with Gasteiger partial charge in [-0.3, -0.25) is 14.5 Å². The molecule has 1 amide bonds. The molecule has 0 saturated carbocycles. The van der Waals surface area contributed by atoms with Gasteiger partial charge in [0, 0.05) is 5.56 Å². The average molecular weight is 499 g/mol. The first-order chi connectivity index (χ1) is 17.4. The average Bonchev–Trinajstić information content (AvgIpc) is 3.41. The van der Waals surface area contributed by atoms with Gasteiger partial charge in [-0.2, -0.15) is 0 Å². The number of nitrogens with zero attached hydrogens (tertiary/aromatic N) is 2. The molecule has 1 atom stereocenters. The quantitative estimate of drug-likeness (QED) is 0.234. The lowest BCUT2D eigenvalue weighted by molar-refractivity contribution is -0.132. The van der Waals surface area contributed by atoms with Crippen molar-refractivity contribution >= 4 is 44.1 Å². The summed E-state index contributed by atoms with van der Waals surface area (Å²) >= 11 is 1.35. The third-order valence-electron chi connectivity index (χ3n) is 6.39. The molecule has 1 fully saturated rings. The molecule has 36 heavy (non-hydrogen) atoms. The largest absolute Gasteiger partial charge is 0.507 e. The Bertz CT molecular complexity index is 1570. The first kappa shape index (κ1) is 22.3. The summed E-state index contributed by atoms with van der Waals surface area (Å²) in [5.74, 6) is -0.708. The van der Waals surface area contributed by atoms with E-state index in [0.29, 0.717) is 41.0 Å². The van der Waals surface area contributed by atoms with E-state index in [1.807, 2.05) is 56.3 Å². The molecule has 4 aromatic rings. The second-order valence-electron chi connectivity index (χ2n) is 8.91. The summed E-state index contributed by atoms with van der Waals surface area (Å²) in [6, 6.07) is 17.6. The first-order valence-corrected chi connectivity index (χ1v) is 12.4. The van der Waals surface area contributed by atoms with Crippen molar-refractivity contribution in [2.45, 2.75) is 19.9 Å². The van der Waals surface area contributed by atoms with Gasteiger partial charge in [0.15, 0.2) is 16.6 Å². The summed E-state index contributed by atoms with van der Waals surface area (Å²) in [6.07, 6.45) is 0. The lowest BCUT2D eigenvalue weighted by Crippen LogP contribution is -2.29. The summed E-state index contributed by atoms with van der Waals surface area (Å²) in [6.45, 7) is 4.79. The molecule has 0 spiro atoms. The van der Waals surface area contributed by atoms with Crippen LogP contribution in [0.1, 0.15) is 28.3 Å². The minimum absolute atomic E-state index is 0.0102. The smallest absolute Gasteiger partial charge is 0.301 e. The highest BCUT2D eigenvalue weighted by Gasteiger charge is 2.48. The van der Waals surface area contributed by atoms with Gasteiger partial charge < -0.3 is 14.6 Å². The Balaban J connectivity index is 1.54. The summed E-state index contributed by atoms with van der Waals surface area (Å²) in [4.78, 5) is 32.9. The van der Waals surface area contributed by atoms with Gasteiger partial charge in [0.2, 0.25) is 0 Å². The lowest BCUT2D eigenvalue weighted by atomic mass is 9.94. The van der Waals surface area contributed by atoms with E-state index in [-0.39, 0.29) is 11.3 Å². The zero-order valence-corrected chi connectivity index (χ0v) is 20.5. The number of aliphatic hydroxyl groups excluding tert-OH is 1. The molecule has 0 radical (unpaired) electrons. The van der Waals surface area contributed by atoms with Gasteiger partial charge in [-0.25, -0.2) is 4.98 Å². The molecule has 180 valence electrons. The Kier molecular flexibility index (Phi) is 5.26. The fourth-order valence-electron chi connectivity index (χ4n) is 4.56. The predicted molar refractivity (Wildman–Crippen MR) is 138 cm³/mol. The third kappa shape index (κ3) is 3.61. The standard InChI is InChI=1S/C28H22N2O5S/c1-15-3-6-17(7-4-15)24-23(25(31)18-8-10-20-21(14-18)35-12-11-34-20)26(32)27(33)30(24)28-29-19-9-5-16(2)13-22(19)36-28/h3-10,13-14,24,31H,11-12H2,1-2H3/b25-23+/t24-/m1/s1. The number of Topliss-reactive ketones (excluding diaryl/α,β-unsaturated/α-hetero) is 1. The van der Waals surface area contributed by atoms with Gasteiger partial charge >= 0.3 is 5.91 Å². The number of carbonyl (C=O) groups excluding carboxylic acids is 2. The number of thiazole rings is 1. The monoisotopic (exact) mass is 498 g/mol. The Hall–Kier alpha value is -4.17. The second-order valence-corrected chi connectivity index (χ2v) is 9.91. The number of hydrogen-bond donors (Lipinski definition) is 1. The molecule has 8 heteroatoms. The number of ether oxygens (including phenoxy) is 2. The van der Waals surface area contributed by atoms with Crippen LogP contribution in [0, 0.1) is 13.8 Å². The molecular formula is C28H22N2O5S. The van der Waals surface area contributed by atoms with E-state index in [0.717, 1.165) is 21.3 Å². The summed E-state index contributed by atoms with van der Waals surface area (Å²) < 4.78 is 12.1. The van der Waals surface area contributed by atoms with E-state index in [4.69, 9.17) is 9.47 Å². The van der Waals surface area contributed by atoms with Crippen LogP contribution >= 0.6 is 11.3 Å². The number of carbonyl (C=O) groups is 2. The van der Waals surface area contributed by atoms with Crippen molar-refractivity contribution in [3.05, 3.63) is 88.5 Å². The van der Waals surface area contributed by atoms with Crippen LogP contribution in [0.15, 0.2) is 66.2 Å². The van der Waals surface area contributed by atoms with Crippen LogP contribution in [0.25, 0.3) is 16.0 Å². The highest BCUT2D eigenvalue weighted by Crippen LogP contribution is 2.45. The second kappa shape index (κ2) is 8.49. The Morgan fingerprint density at radius 1 is 0.944 bits per heavy atom. The van der Waals surface area contributed by atoms with E-state index in [1.165, 1.54) is 16.2 Å². The number of aromatic nitrogens is 1. The number of benzene rings is 3. The van der Waals surface area contributed by atoms with Crippen molar-refractivity contribution in [2.24, 2.45) is 0 Å². The molecule has 1 N–H and O–H groups in total. The van der Waals surface area contributed by atoms with Gasteiger partial charge in [-0.15, -0.1) is 0 Å². The number of rotatable bonds is 3. The molecule has 1 saturated heterocycles. The zero-order chi connectivity index (χ0) is 25.0. The zero-order valence-electron chi connectivity index (χ0n) is 19.6. The highest BCUT2D eigenvalue weighted by atomic mass is 32.1. The Morgan fingerprint density at radius 3 is 2.44 bits per heavy atom. The minimum Gasteiger partial charge on any atom is -0.507 e. The molecule has 0 bridgehead atoms. The first-order valence-electron chi connectivity index (χ1n) is 11.6. The van der Waals surface area contributed by atoms with Gasteiger partial charge in [0.25, 0.3) is 5.78 Å². The van der Waals surface area contributed by atoms with Gasteiger partial charge in [-0.05, 0) is 55.3 Å². The Morgan fingerprint density at radius 2 is 1.67 bits per heavy atom. The Labute approximate surface area is 211 Å². The molecule has 7 nitrogen and oxygen atoms in total. The van der Waals surface area contributed by atoms with Crippen molar-refractivity contribution in [3.8, 4) is 11.5 Å². The van der Waals surface area contributed by atoms with Gasteiger partial charge in [0.05, 0.1) is 21.8 Å². The maximum atomic E-state index is 13.4. The maximum absolute atomic E-state index is 13.4. The number of aliphatic hydroxyl groups is 1. The van der Waals surface area contributed by atoms with Crippen LogP contribution in [0.4, 0.5) is 5.13 Å². The SMILES string of the molecule is Cc1ccc([C@@H]2/C(=C(\O)c3ccc4c(c3)OCCO4)C(=O)C(=O)N2c2nc3ccc(C)cc3s2)cc1. The van der Waals surface area contributed by atoms with Crippen molar-refractivity contribution in [2.75, 3.05) is 18.1 Å². The lowest BCUT2D eigenvalue weighted by Gasteiger charge is -2.23. The molecule has 2 aliphatic heterocycles. The molecule has 1 aromatic heterocycles. The predicted octanol–water partition coefficient (Wildman–Crippen LogP) is 5.31. The van der Waals surface area contributed by atoms with Gasteiger partial charge in [-0.1, -0.05) is 47.2 Å². The van der Waals surface area contributed by atoms with E-state index in [2.05, 4.69) is 4.98 Å².